The Hall–Kier alpha value is -1.92. The first-order chi connectivity index (χ1) is 10.9. The van der Waals surface area contributed by atoms with Gasteiger partial charge in [-0.3, -0.25) is 10.1 Å². The molecular weight excluding hydrogens is 295 g/mol. The van der Waals surface area contributed by atoms with Gasteiger partial charge in [-0.25, -0.2) is 4.39 Å². The van der Waals surface area contributed by atoms with Gasteiger partial charge < -0.3 is 16.0 Å². The quantitative estimate of drug-likeness (QED) is 0.719. The number of halogens is 1. The summed E-state index contributed by atoms with van der Waals surface area (Å²) in [6, 6.07) is 3.03. The highest BCUT2D eigenvalue weighted by atomic mass is 19.1. The Morgan fingerprint density at radius 2 is 2.17 bits per heavy atom. The second-order valence-electron chi connectivity index (χ2n) is 6.38. The first kappa shape index (κ1) is 16.0. The van der Waals surface area contributed by atoms with Crippen LogP contribution in [0.1, 0.15) is 23.5 Å². The van der Waals surface area contributed by atoms with E-state index < -0.39 is 5.82 Å². The number of nitrogens with one attached hydrogen (secondary N) is 2. The average molecular weight is 318 g/mol. The molecule has 2 heterocycles. The number of carbonyl (C=O) groups excluding carboxylic acids is 1. The lowest BCUT2D eigenvalue weighted by atomic mass is 9.79. The zero-order chi connectivity index (χ0) is 16.7. The highest BCUT2D eigenvalue weighted by Crippen LogP contribution is 2.39. The van der Waals surface area contributed by atoms with Crippen molar-refractivity contribution in [1.29, 1.82) is 0 Å². The number of fused-ring (bicyclic) bond motifs is 1. The fourth-order valence-electron chi connectivity index (χ4n) is 3.60. The fraction of sp³-hybridized carbons (Fsp3) is 0.471. The van der Waals surface area contributed by atoms with Gasteiger partial charge >= 0.3 is 0 Å². The predicted octanol–water partition coefficient (Wildman–Crippen LogP) is 1.31. The number of nitrogens with two attached hydrogens (primary N) is 1. The number of nitrogens with zero attached hydrogens (tertiary/aromatic N) is 1. The molecule has 23 heavy (non-hydrogen) atoms. The van der Waals surface area contributed by atoms with Gasteiger partial charge in [0.05, 0.1) is 17.8 Å². The molecule has 1 fully saturated rings. The van der Waals surface area contributed by atoms with E-state index in [0.29, 0.717) is 6.42 Å². The molecule has 124 valence electrons. The van der Waals surface area contributed by atoms with E-state index in [-0.39, 0.29) is 29.6 Å². The number of hydrogen-bond acceptors (Lipinski definition) is 4. The lowest BCUT2D eigenvalue weighted by Crippen LogP contribution is -2.51. The standard InChI is InChI=1S/C17H23FN4O/c1-9-4-13(18)14(19)6-11(9)12-5-10-8-21-16(20-2)7-15(10)22(3)17(12)23/h4,6-7,10,12,16,20-21H,5,8,19H2,1-3H3. The summed E-state index contributed by atoms with van der Waals surface area (Å²) in [5, 5.41) is 6.55. The number of likely N-dealkylation sites (tertiary alicyclic amines) is 1. The minimum absolute atomic E-state index is 0.0401. The van der Waals surface area contributed by atoms with Crippen molar-refractivity contribution in [2.75, 3.05) is 26.4 Å². The molecule has 4 N–H and O–H groups in total. The molecular formula is C17H23FN4O. The largest absolute Gasteiger partial charge is 0.396 e. The van der Waals surface area contributed by atoms with Crippen molar-refractivity contribution in [3.8, 4) is 0 Å². The summed E-state index contributed by atoms with van der Waals surface area (Å²) in [5.74, 6) is -0.408. The summed E-state index contributed by atoms with van der Waals surface area (Å²) in [7, 11) is 3.70. The molecule has 3 atom stereocenters. The summed E-state index contributed by atoms with van der Waals surface area (Å²) < 4.78 is 13.6. The Labute approximate surface area is 135 Å². The number of amides is 1. The zero-order valence-electron chi connectivity index (χ0n) is 13.7. The molecule has 1 aromatic rings. The summed E-state index contributed by atoms with van der Waals surface area (Å²) in [6.07, 6.45) is 2.86. The number of aryl methyl sites for hydroxylation is 1. The van der Waals surface area contributed by atoms with Crippen molar-refractivity contribution in [3.05, 3.63) is 40.8 Å². The Balaban J connectivity index is 1.95. The minimum Gasteiger partial charge on any atom is -0.396 e. The smallest absolute Gasteiger partial charge is 0.234 e. The lowest BCUT2D eigenvalue weighted by molar-refractivity contribution is -0.132. The first-order valence-corrected chi connectivity index (χ1v) is 7.87. The Morgan fingerprint density at radius 1 is 1.43 bits per heavy atom. The van der Waals surface area contributed by atoms with Crippen LogP contribution >= 0.6 is 0 Å². The summed E-state index contributed by atoms with van der Waals surface area (Å²) in [5.41, 5.74) is 8.46. The number of hydrogen-bond donors (Lipinski definition) is 3. The predicted molar refractivity (Wildman–Crippen MR) is 88.1 cm³/mol. The third-order valence-electron chi connectivity index (χ3n) is 4.95. The van der Waals surface area contributed by atoms with Crippen molar-refractivity contribution in [2.24, 2.45) is 5.92 Å². The Bertz CT molecular complexity index is 673. The summed E-state index contributed by atoms with van der Waals surface area (Å²) in [6.45, 7) is 2.63. The van der Waals surface area contributed by atoms with Crippen LogP contribution in [0.25, 0.3) is 0 Å². The van der Waals surface area contributed by atoms with Crippen LogP contribution in [-0.4, -0.2) is 37.6 Å². The SMILES string of the molecule is CNC1C=C2C(CN1)CC(c1cc(N)c(F)cc1C)C(=O)N2C. The molecule has 0 radical (unpaired) electrons. The van der Waals surface area contributed by atoms with Crippen molar-refractivity contribution >= 4 is 11.6 Å². The molecule has 1 amide bonds. The summed E-state index contributed by atoms with van der Waals surface area (Å²) >= 11 is 0. The topological polar surface area (TPSA) is 70.4 Å². The third kappa shape index (κ3) is 2.72. The molecule has 3 unspecified atom stereocenters. The van der Waals surface area contributed by atoms with E-state index in [2.05, 4.69) is 16.7 Å². The number of likely N-dealkylation sites (N-methyl/N-ethyl adjacent to an activating group) is 2. The maximum absolute atomic E-state index is 13.6. The molecule has 1 saturated heterocycles. The van der Waals surface area contributed by atoms with Gasteiger partial charge in [0.15, 0.2) is 0 Å². The van der Waals surface area contributed by atoms with Crippen molar-refractivity contribution in [2.45, 2.75) is 25.4 Å². The van der Waals surface area contributed by atoms with Gasteiger partial charge in [0.1, 0.15) is 5.82 Å². The van der Waals surface area contributed by atoms with Gasteiger partial charge in [-0.2, -0.15) is 0 Å². The van der Waals surface area contributed by atoms with Crippen LogP contribution in [0.5, 0.6) is 0 Å². The molecule has 2 aliphatic rings. The minimum atomic E-state index is -0.431. The molecule has 3 rings (SSSR count). The number of carbonyl (C=O) groups is 1. The number of rotatable bonds is 2. The van der Waals surface area contributed by atoms with E-state index in [9.17, 15) is 9.18 Å². The van der Waals surface area contributed by atoms with Gasteiger partial charge in [-0.15, -0.1) is 0 Å². The van der Waals surface area contributed by atoms with Gasteiger partial charge in [-0.05, 0) is 49.7 Å². The highest BCUT2D eigenvalue weighted by molar-refractivity contribution is 5.87. The van der Waals surface area contributed by atoms with Crippen molar-refractivity contribution in [3.63, 3.8) is 0 Å². The summed E-state index contributed by atoms with van der Waals surface area (Å²) in [4.78, 5) is 14.6. The number of piperidine rings is 1. The highest BCUT2D eigenvalue weighted by Gasteiger charge is 2.39. The molecule has 0 saturated carbocycles. The van der Waals surface area contributed by atoms with Crippen LogP contribution in [0.4, 0.5) is 10.1 Å². The van der Waals surface area contributed by atoms with Crippen LogP contribution in [0.15, 0.2) is 23.9 Å². The van der Waals surface area contributed by atoms with Gasteiger partial charge in [0.25, 0.3) is 0 Å². The van der Waals surface area contributed by atoms with E-state index in [1.807, 2.05) is 21.0 Å². The molecule has 2 aliphatic heterocycles. The van der Waals surface area contributed by atoms with E-state index in [4.69, 9.17) is 5.73 Å². The normalized spacial score (nSPS) is 27.7. The fourth-order valence-corrected chi connectivity index (χ4v) is 3.60. The second-order valence-corrected chi connectivity index (χ2v) is 6.38. The van der Waals surface area contributed by atoms with Crippen molar-refractivity contribution in [1.82, 2.24) is 15.5 Å². The number of anilines is 1. The Morgan fingerprint density at radius 3 is 2.87 bits per heavy atom. The third-order valence-corrected chi connectivity index (χ3v) is 4.95. The molecule has 0 aromatic heterocycles. The van der Waals surface area contributed by atoms with Crippen LogP contribution in [0, 0.1) is 18.7 Å². The average Bonchev–Trinajstić information content (AvgIpc) is 2.54. The van der Waals surface area contributed by atoms with Crippen LogP contribution in [0.3, 0.4) is 0 Å². The zero-order valence-corrected chi connectivity index (χ0v) is 13.7. The van der Waals surface area contributed by atoms with E-state index in [1.54, 1.807) is 11.0 Å². The van der Waals surface area contributed by atoms with E-state index in [0.717, 1.165) is 23.4 Å². The second kappa shape index (κ2) is 5.94. The molecule has 0 spiro atoms. The molecule has 6 heteroatoms. The van der Waals surface area contributed by atoms with Gasteiger partial charge in [0, 0.05) is 25.2 Å². The van der Waals surface area contributed by atoms with E-state index >= 15 is 0 Å². The van der Waals surface area contributed by atoms with E-state index in [1.165, 1.54) is 6.07 Å². The molecule has 5 nitrogen and oxygen atoms in total. The van der Waals surface area contributed by atoms with Crippen LogP contribution < -0.4 is 16.4 Å². The number of nitrogen functional groups attached to an aromatic ring is 1. The maximum Gasteiger partial charge on any atom is 0.234 e. The first-order valence-electron chi connectivity index (χ1n) is 7.87. The number of benzene rings is 1. The van der Waals surface area contributed by atoms with Crippen LogP contribution in [-0.2, 0) is 4.79 Å². The van der Waals surface area contributed by atoms with Crippen molar-refractivity contribution < 1.29 is 9.18 Å². The monoisotopic (exact) mass is 318 g/mol. The molecule has 1 aromatic carbocycles. The molecule has 0 bridgehead atoms. The maximum atomic E-state index is 13.6. The molecule has 0 aliphatic carbocycles. The lowest BCUT2D eigenvalue weighted by Gasteiger charge is -2.42. The Kier molecular flexibility index (Phi) is 4.12. The van der Waals surface area contributed by atoms with Crippen LogP contribution in [0.2, 0.25) is 0 Å². The van der Waals surface area contributed by atoms with Gasteiger partial charge in [-0.1, -0.05) is 0 Å². The van der Waals surface area contributed by atoms with Gasteiger partial charge in [0.2, 0.25) is 5.91 Å².